The molecule has 3 aromatic rings. The van der Waals surface area contributed by atoms with Crippen LogP contribution in [0.5, 0.6) is 0 Å². The average molecular weight is 384 g/mol. The van der Waals surface area contributed by atoms with Crippen molar-refractivity contribution in [3.05, 3.63) is 54.6 Å². The van der Waals surface area contributed by atoms with Crippen molar-refractivity contribution in [2.24, 2.45) is 4.40 Å². The van der Waals surface area contributed by atoms with E-state index in [2.05, 4.69) is 14.6 Å². The maximum Gasteiger partial charge on any atom is 0.284 e. The van der Waals surface area contributed by atoms with E-state index in [1.165, 1.54) is 12.4 Å². The Balaban J connectivity index is 1.99. The Morgan fingerprint density at radius 3 is 2.30 bits per heavy atom. The lowest BCUT2D eigenvalue weighted by Gasteiger charge is -2.13. The van der Waals surface area contributed by atoms with Gasteiger partial charge in [-0.15, -0.1) is 14.6 Å². The highest BCUT2D eigenvalue weighted by molar-refractivity contribution is 7.90. The number of sulfonamides is 1. The molecular weight excluding hydrogens is 364 g/mol. The predicted molar refractivity (Wildman–Crippen MR) is 104 cm³/mol. The summed E-state index contributed by atoms with van der Waals surface area (Å²) < 4.78 is 35.0. The minimum Gasteiger partial charge on any atom is -0.416 e. The smallest absolute Gasteiger partial charge is 0.284 e. The standard InChI is InChI=1S/C19H20N4O3S/c1-3-23(4-2)14-20-27(24,25)17-13-9-8-12-16(17)19-22-21-18(26-19)15-10-6-5-7-11-15/h5-14H,3-4H2,1-2H3/b20-14-. The Bertz CT molecular complexity index is 1030. The van der Waals surface area contributed by atoms with Crippen molar-refractivity contribution in [2.75, 3.05) is 13.1 Å². The first-order valence-electron chi connectivity index (χ1n) is 8.58. The zero-order valence-corrected chi connectivity index (χ0v) is 15.9. The first-order chi connectivity index (χ1) is 13.0. The zero-order valence-electron chi connectivity index (χ0n) is 15.1. The molecule has 0 atom stereocenters. The highest BCUT2D eigenvalue weighted by atomic mass is 32.2. The molecule has 27 heavy (non-hydrogen) atoms. The van der Waals surface area contributed by atoms with E-state index in [1.54, 1.807) is 23.1 Å². The molecule has 0 aliphatic rings. The van der Waals surface area contributed by atoms with Crippen LogP contribution in [0.25, 0.3) is 22.9 Å². The highest BCUT2D eigenvalue weighted by Gasteiger charge is 2.22. The Labute approximate surface area is 158 Å². The lowest BCUT2D eigenvalue weighted by molar-refractivity contribution is 0.480. The van der Waals surface area contributed by atoms with Gasteiger partial charge in [-0.25, -0.2) is 0 Å². The summed E-state index contributed by atoms with van der Waals surface area (Å²) in [5.74, 6) is 0.454. The van der Waals surface area contributed by atoms with Gasteiger partial charge in [0.05, 0.1) is 5.56 Å². The summed E-state index contributed by atoms with van der Waals surface area (Å²) in [5, 5.41) is 8.05. The summed E-state index contributed by atoms with van der Waals surface area (Å²) >= 11 is 0. The highest BCUT2D eigenvalue weighted by Crippen LogP contribution is 2.29. The third kappa shape index (κ3) is 4.22. The number of rotatable bonds is 7. The first kappa shape index (κ1) is 18.8. The molecule has 3 rings (SSSR count). The molecule has 0 aliphatic heterocycles. The second kappa shape index (κ2) is 8.13. The topological polar surface area (TPSA) is 88.7 Å². The minimum atomic E-state index is -3.91. The Morgan fingerprint density at radius 2 is 1.59 bits per heavy atom. The summed E-state index contributed by atoms with van der Waals surface area (Å²) in [4.78, 5) is 1.82. The molecule has 7 nitrogen and oxygen atoms in total. The second-order valence-electron chi connectivity index (χ2n) is 5.69. The molecule has 0 N–H and O–H groups in total. The number of benzene rings is 2. The molecule has 0 saturated heterocycles. The van der Waals surface area contributed by atoms with Gasteiger partial charge in [0.25, 0.3) is 10.0 Å². The molecular formula is C19H20N4O3S. The molecule has 8 heteroatoms. The number of hydrogen-bond acceptors (Lipinski definition) is 5. The van der Waals surface area contributed by atoms with Crippen LogP contribution < -0.4 is 0 Å². The van der Waals surface area contributed by atoms with Crippen LogP contribution >= 0.6 is 0 Å². The molecule has 0 spiro atoms. The van der Waals surface area contributed by atoms with Gasteiger partial charge in [0.15, 0.2) is 0 Å². The van der Waals surface area contributed by atoms with Crippen LogP contribution in [0.2, 0.25) is 0 Å². The monoisotopic (exact) mass is 384 g/mol. The third-order valence-electron chi connectivity index (χ3n) is 4.00. The SMILES string of the molecule is CCN(/C=N\S(=O)(=O)c1ccccc1-c1nnc(-c2ccccc2)o1)CC. The van der Waals surface area contributed by atoms with Gasteiger partial charge in [-0.05, 0) is 38.1 Å². The van der Waals surface area contributed by atoms with Crippen LogP contribution in [0.1, 0.15) is 13.8 Å². The van der Waals surface area contributed by atoms with E-state index < -0.39 is 10.0 Å². The zero-order chi connectivity index (χ0) is 19.3. The van der Waals surface area contributed by atoms with Crippen LogP contribution in [-0.2, 0) is 10.0 Å². The molecule has 140 valence electrons. The average Bonchev–Trinajstić information content (AvgIpc) is 3.19. The Kier molecular flexibility index (Phi) is 5.66. The minimum absolute atomic E-state index is 0.0247. The number of hydrogen-bond donors (Lipinski definition) is 0. The Morgan fingerprint density at radius 1 is 0.963 bits per heavy atom. The van der Waals surface area contributed by atoms with Gasteiger partial charge in [0.2, 0.25) is 11.8 Å². The quantitative estimate of drug-likeness (QED) is 0.458. The fourth-order valence-electron chi connectivity index (χ4n) is 2.47. The summed E-state index contributed by atoms with van der Waals surface area (Å²) in [6, 6.07) is 15.8. The van der Waals surface area contributed by atoms with E-state index >= 15 is 0 Å². The molecule has 2 aromatic carbocycles. The molecule has 0 aliphatic carbocycles. The normalized spacial score (nSPS) is 11.8. The van der Waals surface area contributed by atoms with E-state index in [0.717, 1.165) is 5.56 Å². The fourth-order valence-corrected chi connectivity index (χ4v) is 3.52. The summed E-state index contributed by atoms with van der Waals surface area (Å²) in [6.07, 6.45) is 1.34. The van der Waals surface area contributed by atoms with Crippen LogP contribution in [0.4, 0.5) is 0 Å². The van der Waals surface area contributed by atoms with Crippen LogP contribution in [-0.4, -0.2) is 42.9 Å². The maximum absolute atomic E-state index is 12.7. The molecule has 0 unspecified atom stereocenters. The summed E-state index contributed by atoms with van der Waals surface area (Å²) in [7, 11) is -3.91. The van der Waals surface area contributed by atoms with Crippen LogP contribution in [0, 0.1) is 0 Å². The van der Waals surface area contributed by atoms with E-state index in [4.69, 9.17) is 4.42 Å². The molecule has 0 radical (unpaired) electrons. The second-order valence-corrected chi connectivity index (χ2v) is 7.29. The fraction of sp³-hybridized carbons (Fsp3) is 0.211. The van der Waals surface area contributed by atoms with Crippen molar-refractivity contribution in [3.63, 3.8) is 0 Å². The van der Waals surface area contributed by atoms with Gasteiger partial charge < -0.3 is 9.32 Å². The van der Waals surface area contributed by atoms with Crippen molar-refractivity contribution in [2.45, 2.75) is 18.7 Å². The van der Waals surface area contributed by atoms with Crippen LogP contribution in [0.15, 0.2) is 68.3 Å². The van der Waals surface area contributed by atoms with Crippen molar-refractivity contribution in [1.29, 1.82) is 0 Å². The van der Waals surface area contributed by atoms with Crippen molar-refractivity contribution in [1.82, 2.24) is 15.1 Å². The van der Waals surface area contributed by atoms with Gasteiger partial charge in [-0.1, -0.05) is 30.3 Å². The molecule has 1 heterocycles. The lowest BCUT2D eigenvalue weighted by Crippen LogP contribution is -2.21. The van der Waals surface area contributed by atoms with Crippen molar-refractivity contribution < 1.29 is 12.8 Å². The van der Waals surface area contributed by atoms with E-state index in [1.807, 2.05) is 44.2 Å². The van der Waals surface area contributed by atoms with Crippen molar-refractivity contribution in [3.8, 4) is 22.9 Å². The van der Waals surface area contributed by atoms with E-state index in [9.17, 15) is 8.42 Å². The van der Waals surface area contributed by atoms with Crippen molar-refractivity contribution >= 4 is 16.4 Å². The first-order valence-corrected chi connectivity index (χ1v) is 10.0. The summed E-state index contributed by atoms with van der Waals surface area (Å²) in [5.41, 5.74) is 1.08. The molecule has 0 fully saturated rings. The molecule has 0 bridgehead atoms. The molecule has 0 amide bonds. The van der Waals surface area contributed by atoms with Gasteiger partial charge in [-0.2, -0.15) is 8.42 Å². The van der Waals surface area contributed by atoms with E-state index in [-0.39, 0.29) is 10.8 Å². The number of aromatic nitrogens is 2. The maximum atomic E-state index is 12.7. The predicted octanol–water partition coefficient (Wildman–Crippen LogP) is 3.46. The lowest BCUT2D eigenvalue weighted by atomic mass is 10.2. The third-order valence-corrected chi connectivity index (χ3v) is 5.29. The van der Waals surface area contributed by atoms with Gasteiger partial charge >= 0.3 is 0 Å². The van der Waals surface area contributed by atoms with Gasteiger partial charge in [0.1, 0.15) is 11.2 Å². The van der Waals surface area contributed by atoms with Gasteiger partial charge in [0, 0.05) is 18.7 Å². The van der Waals surface area contributed by atoms with Crippen LogP contribution in [0.3, 0.4) is 0 Å². The number of nitrogens with zero attached hydrogens (tertiary/aromatic N) is 4. The summed E-state index contributed by atoms with van der Waals surface area (Å²) in [6.45, 7) is 5.20. The van der Waals surface area contributed by atoms with Gasteiger partial charge in [-0.3, -0.25) is 0 Å². The largest absolute Gasteiger partial charge is 0.416 e. The molecule has 1 aromatic heterocycles. The molecule has 0 saturated carbocycles. The van der Waals surface area contributed by atoms with E-state index in [0.29, 0.717) is 24.5 Å². The Hall–Kier alpha value is -3.00.